The summed E-state index contributed by atoms with van der Waals surface area (Å²) in [6.07, 6.45) is 1.62. The zero-order chi connectivity index (χ0) is 22.7. The molecule has 0 aliphatic rings. The standard InChI is InChI=1S/C23H27N3O5/c1-14-10-17(15(2)26(14)13-16-8-7-9-31-16)22(27)24-19-12-21(30-6)20(29-5)11-18(19)23(28)25(3)4/h7-12H,13H2,1-6H3,(H,24,27). The molecule has 0 aliphatic heterocycles. The Morgan fingerprint density at radius 3 is 2.32 bits per heavy atom. The maximum absolute atomic E-state index is 13.2. The summed E-state index contributed by atoms with van der Waals surface area (Å²) in [6, 6.07) is 8.70. The Morgan fingerprint density at radius 1 is 1.06 bits per heavy atom. The largest absolute Gasteiger partial charge is 0.493 e. The van der Waals surface area contributed by atoms with Crippen molar-refractivity contribution in [1.29, 1.82) is 0 Å². The van der Waals surface area contributed by atoms with E-state index in [4.69, 9.17) is 13.9 Å². The summed E-state index contributed by atoms with van der Waals surface area (Å²) in [5.74, 6) is 1.03. The van der Waals surface area contributed by atoms with Crippen LogP contribution in [-0.2, 0) is 6.54 Å². The van der Waals surface area contributed by atoms with Crippen LogP contribution < -0.4 is 14.8 Å². The van der Waals surface area contributed by atoms with Gasteiger partial charge in [0, 0.05) is 31.5 Å². The molecule has 31 heavy (non-hydrogen) atoms. The molecule has 164 valence electrons. The number of ether oxygens (including phenoxy) is 2. The van der Waals surface area contributed by atoms with Gasteiger partial charge in [-0.1, -0.05) is 0 Å². The van der Waals surface area contributed by atoms with Crippen LogP contribution in [0.2, 0.25) is 0 Å². The zero-order valence-corrected chi connectivity index (χ0v) is 18.6. The molecular weight excluding hydrogens is 398 g/mol. The van der Waals surface area contributed by atoms with Gasteiger partial charge >= 0.3 is 0 Å². The molecule has 0 spiro atoms. The third-order valence-electron chi connectivity index (χ3n) is 5.12. The Morgan fingerprint density at radius 2 is 1.74 bits per heavy atom. The topological polar surface area (TPSA) is 85.9 Å². The van der Waals surface area contributed by atoms with Crippen molar-refractivity contribution in [2.75, 3.05) is 33.6 Å². The van der Waals surface area contributed by atoms with E-state index in [1.807, 2.05) is 36.6 Å². The second kappa shape index (κ2) is 8.99. The van der Waals surface area contributed by atoms with Crippen molar-refractivity contribution >= 4 is 17.5 Å². The fourth-order valence-electron chi connectivity index (χ4n) is 3.42. The van der Waals surface area contributed by atoms with Crippen LogP contribution in [0.25, 0.3) is 0 Å². The normalized spacial score (nSPS) is 10.6. The van der Waals surface area contributed by atoms with Gasteiger partial charge in [0.05, 0.1) is 43.8 Å². The molecule has 8 nitrogen and oxygen atoms in total. The van der Waals surface area contributed by atoms with Crippen molar-refractivity contribution in [3.8, 4) is 11.5 Å². The highest BCUT2D eigenvalue weighted by molar-refractivity contribution is 6.10. The second-order valence-electron chi connectivity index (χ2n) is 7.36. The van der Waals surface area contributed by atoms with Crippen LogP contribution in [-0.4, -0.2) is 49.6 Å². The first kappa shape index (κ1) is 22.0. The van der Waals surface area contributed by atoms with Crippen LogP contribution in [0.4, 0.5) is 5.69 Å². The highest BCUT2D eigenvalue weighted by Crippen LogP contribution is 2.34. The average Bonchev–Trinajstić information content (AvgIpc) is 3.36. The first-order valence-electron chi connectivity index (χ1n) is 9.75. The van der Waals surface area contributed by atoms with E-state index in [9.17, 15) is 9.59 Å². The molecule has 0 aliphatic carbocycles. The fourth-order valence-corrected chi connectivity index (χ4v) is 3.42. The summed E-state index contributed by atoms with van der Waals surface area (Å²) in [4.78, 5) is 27.3. The van der Waals surface area contributed by atoms with Crippen LogP contribution >= 0.6 is 0 Å². The van der Waals surface area contributed by atoms with Gasteiger partial charge in [-0.15, -0.1) is 0 Å². The lowest BCUT2D eigenvalue weighted by molar-refractivity contribution is 0.0828. The minimum Gasteiger partial charge on any atom is -0.493 e. The van der Waals surface area contributed by atoms with Crippen molar-refractivity contribution in [3.63, 3.8) is 0 Å². The van der Waals surface area contributed by atoms with E-state index in [-0.39, 0.29) is 11.8 Å². The monoisotopic (exact) mass is 425 g/mol. The highest BCUT2D eigenvalue weighted by atomic mass is 16.5. The van der Waals surface area contributed by atoms with Crippen molar-refractivity contribution < 1.29 is 23.5 Å². The Balaban J connectivity index is 1.97. The molecule has 0 bridgehead atoms. The molecule has 3 rings (SSSR count). The number of furan rings is 1. The summed E-state index contributed by atoms with van der Waals surface area (Å²) < 4.78 is 18.1. The van der Waals surface area contributed by atoms with Gasteiger partial charge in [-0.25, -0.2) is 0 Å². The molecule has 1 N–H and O–H groups in total. The number of carbonyl (C=O) groups excluding carboxylic acids is 2. The minimum atomic E-state index is -0.321. The molecule has 0 unspecified atom stereocenters. The van der Waals surface area contributed by atoms with E-state index < -0.39 is 0 Å². The molecule has 3 aromatic rings. The van der Waals surface area contributed by atoms with E-state index in [0.717, 1.165) is 17.1 Å². The lowest BCUT2D eigenvalue weighted by atomic mass is 10.1. The van der Waals surface area contributed by atoms with Gasteiger partial charge in [-0.05, 0) is 38.1 Å². The van der Waals surface area contributed by atoms with Crippen molar-refractivity contribution in [1.82, 2.24) is 9.47 Å². The number of aryl methyl sites for hydroxylation is 1. The Hall–Kier alpha value is -3.68. The van der Waals surface area contributed by atoms with E-state index >= 15 is 0 Å². The van der Waals surface area contributed by atoms with Crippen LogP contribution in [0.15, 0.2) is 41.0 Å². The molecule has 2 aromatic heterocycles. The molecule has 2 heterocycles. The van der Waals surface area contributed by atoms with E-state index in [1.54, 1.807) is 32.5 Å². The van der Waals surface area contributed by atoms with E-state index in [0.29, 0.717) is 34.9 Å². The molecular formula is C23H27N3O5. The number of benzene rings is 1. The predicted octanol–water partition coefficient (Wildman–Crippen LogP) is 3.72. The number of nitrogens with zero attached hydrogens (tertiary/aromatic N) is 2. The number of nitrogens with one attached hydrogen (secondary N) is 1. The number of methoxy groups -OCH3 is 2. The molecule has 0 saturated carbocycles. The molecule has 0 fully saturated rings. The smallest absolute Gasteiger partial charge is 0.257 e. The maximum atomic E-state index is 13.2. The first-order chi connectivity index (χ1) is 14.8. The zero-order valence-electron chi connectivity index (χ0n) is 18.6. The third kappa shape index (κ3) is 4.42. The van der Waals surface area contributed by atoms with Crippen molar-refractivity contribution in [2.45, 2.75) is 20.4 Å². The average molecular weight is 425 g/mol. The fraction of sp³-hybridized carbons (Fsp3) is 0.304. The van der Waals surface area contributed by atoms with Gasteiger partial charge in [0.2, 0.25) is 0 Å². The first-order valence-corrected chi connectivity index (χ1v) is 9.75. The van der Waals surface area contributed by atoms with Gasteiger partial charge in [0.25, 0.3) is 11.8 Å². The summed E-state index contributed by atoms with van der Waals surface area (Å²) in [5.41, 5.74) is 2.89. The van der Waals surface area contributed by atoms with E-state index in [2.05, 4.69) is 5.32 Å². The highest BCUT2D eigenvalue weighted by Gasteiger charge is 2.22. The van der Waals surface area contributed by atoms with Gasteiger partial charge in [0.1, 0.15) is 5.76 Å². The van der Waals surface area contributed by atoms with Gasteiger partial charge in [-0.2, -0.15) is 0 Å². The number of anilines is 1. The SMILES string of the molecule is COc1cc(NC(=O)c2cc(C)n(Cc3ccco3)c2C)c(C(=O)N(C)C)cc1OC. The maximum Gasteiger partial charge on any atom is 0.257 e. The lowest BCUT2D eigenvalue weighted by Crippen LogP contribution is -2.24. The summed E-state index contributed by atoms with van der Waals surface area (Å²) in [5, 5.41) is 2.87. The predicted molar refractivity (Wildman–Crippen MR) is 117 cm³/mol. The minimum absolute atomic E-state index is 0.264. The van der Waals surface area contributed by atoms with Crippen LogP contribution in [0, 0.1) is 13.8 Å². The molecule has 0 saturated heterocycles. The summed E-state index contributed by atoms with van der Waals surface area (Å²) in [7, 11) is 6.28. The number of rotatable bonds is 7. The number of amides is 2. The summed E-state index contributed by atoms with van der Waals surface area (Å²) in [6.45, 7) is 4.34. The van der Waals surface area contributed by atoms with Gasteiger partial charge in [-0.3, -0.25) is 9.59 Å². The van der Waals surface area contributed by atoms with Crippen molar-refractivity contribution in [2.24, 2.45) is 0 Å². The number of carbonyl (C=O) groups is 2. The van der Waals surface area contributed by atoms with Gasteiger partial charge < -0.3 is 28.7 Å². The van der Waals surface area contributed by atoms with Crippen molar-refractivity contribution in [3.05, 3.63) is 64.9 Å². The molecule has 0 radical (unpaired) electrons. The van der Waals surface area contributed by atoms with Gasteiger partial charge in [0.15, 0.2) is 11.5 Å². The summed E-state index contributed by atoms with van der Waals surface area (Å²) >= 11 is 0. The number of hydrogen-bond acceptors (Lipinski definition) is 5. The quantitative estimate of drug-likeness (QED) is 0.624. The van der Waals surface area contributed by atoms with E-state index in [1.165, 1.54) is 19.1 Å². The Kier molecular flexibility index (Phi) is 6.39. The van der Waals surface area contributed by atoms with Crippen LogP contribution in [0.1, 0.15) is 37.9 Å². The Labute approximate surface area is 181 Å². The second-order valence-corrected chi connectivity index (χ2v) is 7.36. The molecule has 1 aromatic carbocycles. The number of hydrogen-bond donors (Lipinski definition) is 1. The molecule has 2 amide bonds. The Bertz CT molecular complexity index is 1100. The molecule has 8 heteroatoms. The lowest BCUT2D eigenvalue weighted by Gasteiger charge is -2.18. The third-order valence-corrected chi connectivity index (χ3v) is 5.12. The van der Waals surface area contributed by atoms with Crippen LogP contribution in [0.5, 0.6) is 11.5 Å². The van der Waals surface area contributed by atoms with Crippen LogP contribution in [0.3, 0.4) is 0 Å². The molecule has 0 atom stereocenters. The number of aromatic nitrogens is 1.